The van der Waals surface area contributed by atoms with E-state index in [2.05, 4.69) is 0 Å². The molecule has 0 atom stereocenters. The lowest BCUT2D eigenvalue weighted by molar-refractivity contribution is -0.131. The second kappa shape index (κ2) is 6.93. The van der Waals surface area contributed by atoms with Crippen LogP contribution in [0.5, 0.6) is 5.75 Å². The number of hydrogen-bond acceptors (Lipinski definition) is 3. The molecular weight excluding hydrogens is 256 g/mol. The molecule has 1 aromatic carbocycles. The Morgan fingerprint density at radius 3 is 2.30 bits per heavy atom. The molecule has 0 aromatic heterocycles. The van der Waals surface area contributed by atoms with Crippen molar-refractivity contribution >= 4 is 11.8 Å². The van der Waals surface area contributed by atoms with Crippen molar-refractivity contribution in [3.05, 3.63) is 29.3 Å². The van der Waals surface area contributed by atoms with Crippen molar-refractivity contribution in [1.82, 2.24) is 9.80 Å². The normalized spacial score (nSPS) is 10.2. The lowest BCUT2D eigenvalue weighted by Gasteiger charge is -2.23. The van der Waals surface area contributed by atoms with Crippen LogP contribution in [0.15, 0.2) is 18.2 Å². The van der Waals surface area contributed by atoms with Crippen molar-refractivity contribution in [3.8, 4) is 5.75 Å². The van der Waals surface area contributed by atoms with E-state index in [0.29, 0.717) is 24.2 Å². The molecular formula is C15H22N2O3. The van der Waals surface area contributed by atoms with Crippen LogP contribution >= 0.6 is 0 Å². The first-order chi connectivity index (χ1) is 9.40. The Labute approximate surface area is 119 Å². The molecule has 1 aromatic rings. The van der Waals surface area contributed by atoms with Gasteiger partial charge in [0, 0.05) is 25.7 Å². The van der Waals surface area contributed by atoms with Gasteiger partial charge in [0.25, 0.3) is 5.91 Å². The lowest BCUT2D eigenvalue weighted by Crippen LogP contribution is -2.41. The average molecular weight is 278 g/mol. The summed E-state index contributed by atoms with van der Waals surface area (Å²) in [5.74, 6) is -0.276. The second-order valence-corrected chi connectivity index (χ2v) is 4.73. The van der Waals surface area contributed by atoms with Crippen LogP contribution in [0.25, 0.3) is 0 Å². The molecule has 0 saturated heterocycles. The van der Waals surface area contributed by atoms with Gasteiger partial charge in [0.15, 0.2) is 0 Å². The summed E-state index contributed by atoms with van der Waals surface area (Å²) in [6, 6.07) is 4.76. The topological polar surface area (TPSA) is 60.9 Å². The zero-order chi connectivity index (χ0) is 15.3. The molecule has 0 spiro atoms. The van der Waals surface area contributed by atoms with Crippen LogP contribution in [0, 0.1) is 6.92 Å². The van der Waals surface area contributed by atoms with Gasteiger partial charge in [-0.05, 0) is 38.5 Å². The highest BCUT2D eigenvalue weighted by Crippen LogP contribution is 2.18. The summed E-state index contributed by atoms with van der Waals surface area (Å²) in [5, 5.41) is 9.63. The summed E-state index contributed by atoms with van der Waals surface area (Å²) in [5.41, 5.74) is 1.09. The van der Waals surface area contributed by atoms with Crippen molar-refractivity contribution in [1.29, 1.82) is 0 Å². The highest BCUT2D eigenvalue weighted by molar-refractivity contribution is 5.96. The summed E-state index contributed by atoms with van der Waals surface area (Å²) in [7, 11) is 1.58. The Hall–Kier alpha value is -2.04. The molecule has 110 valence electrons. The third kappa shape index (κ3) is 3.73. The van der Waals surface area contributed by atoms with Crippen LogP contribution in [0.4, 0.5) is 0 Å². The number of carbonyl (C=O) groups is 2. The van der Waals surface area contributed by atoms with Gasteiger partial charge < -0.3 is 14.9 Å². The van der Waals surface area contributed by atoms with Crippen LogP contribution in [-0.2, 0) is 4.79 Å². The third-order valence-corrected chi connectivity index (χ3v) is 3.29. The molecule has 0 fully saturated rings. The number of rotatable bonds is 5. The van der Waals surface area contributed by atoms with E-state index in [4.69, 9.17) is 0 Å². The zero-order valence-electron chi connectivity index (χ0n) is 12.5. The molecule has 0 aliphatic carbocycles. The maximum atomic E-state index is 12.2. The molecule has 0 bridgehead atoms. The lowest BCUT2D eigenvalue weighted by atomic mass is 10.1. The Balaban J connectivity index is 2.76. The van der Waals surface area contributed by atoms with Crippen LogP contribution in [-0.4, -0.2) is 53.4 Å². The molecule has 5 heteroatoms. The van der Waals surface area contributed by atoms with Crippen LogP contribution < -0.4 is 0 Å². The standard InChI is InChI=1S/C15H22N2O3/c1-5-17(6-2)14(19)10-16(4)15(20)12-8-7-11(3)13(18)9-12/h7-9,18H,5-6,10H2,1-4H3. The molecule has 0 saturated carbocycles. The minimum Gasteiger partial charge on any atom is -0.508 e. The van der Waals surface area contributed by atoms with Gasteiger partial charge in [-0.2, -0.15) is 0 Å². The minimum absolute atomic E-state index is 0.0369. The van der Waals surface area contributed by atoms with E-state index in [-0.39, 0.29) is 24.1 Å². The zero-order valence-corrected chi connectivity index (χ0v) is 12.5. The van der Waals surface area contributed by atoms with Crippen molar-refractivity contribution in [2.24, 2.45) is 0 Å². The number of carbonyl (C=O) groups excluding carboxylic acids is 2. The van der Waals surface area contributed by atoms with Gasteiger partial charge in [-0.3, -0.25) is 9.59 Å². The van der Waals surface area contributed by atoms with Crippen molar-refractivity contribution in [3.63, 3.8) is 0 Å². The predicted molar refractivity (Wildman–Crippen MR) is 77.7 cm³/mol. The molecule has 0 aliphatic heterocycles. The van der Waals surface area contributed by atoms with Crippen molar-refractivity contribution in [2.45, 2.75) is 20.8 Å². The number of phenols is 1. The van der Waals surface area contributed by atoms with E-state index in [1.165, 1.54) is 11.0 Å². The summed E-state index contributed by atoms with van der Waals surface area (Å²) >= 11 is 0. The second-order valence-electron chi connectivity index (χ2n) is 4.73. The van der Waals surface area contributed by atoms with E-state index in [1.807, 2.05) is 13.8 Å². The molecule has 1 rings (SSSR count). The summed E-state index contributed by atoms with van der Waals surface area (Å²) in [6.07, 6.45) is 0. The van der Waals surface area contributed by atoms with E-state index < -0.39 is 0 Å². The first-order valence-electron chi connectivity index (χ1n) is 6.73. The maximum absolute atomic E-state index is 12.2. The SMILES string of the molecule is CCN(CC)C(=O)CN(C)C(=O)c1ccc(C)c(O)c1. The molecule has 0 radical (unpaired) electrons. The molecule has 0 unspecified atom stereocenters. The van der Waals surface area contributed by atoms with Gasteiger partial charge in [0.05, 0.1) is 6.54 Å². The van der Waals surface area contributed by atoms with Crippen LogP contribution in [0.3, 0.4) is 0 Å². The van der Waals surface area contributed by atoms with E-state index in [0.717, 1.165) is 0 Å². The van der Waals surface area contributed by atoms with Gasteiger partial charge in [0.1, 0.15) is 5.75 Å². The predicted octanol–water partition coefficient (Wildman–Crippen LogP) is 1.64. The molecule has 20 heavy (non-hydrogen) atoms. The van der Waals surface area contributed by atoms with Gasteiger partial charge >= 0.3 is 0 Å². The quantitative estimate of drug-likeness (QED) is 0.890. The van der Waals surface area contributed by atoms with Gasteiger partial charge in [-0.15, -0.1) is 0 Å². The number of benzene rings is 1. The molecule has 2 amide bonds. The highest BCUT2D eigenvalue weighted by Gasteiger charge is 2.18. The number of nitrogens with zero attached hydrogens (tertiary/aromatic N) is 2. The summed E-state index contributed by atoms with van der Waals surface area (Å²) in [4.78, 5) is 27.2. The minimum atomic E-state index is -0.277. The first kappa shape index (κ1) is 16.0. The van der Waals surface area contributed by atoms with E-state index >= 15 is 0 Å². The van der Waals surface area contributed by atoms with Crippen molar-refractivity contribution < 1.29 is 14.7 Å². The van der Waals surface area contributed by atoms with Gasteiger partial charge in [0.2, 0.25) is 5.91 Å². The number of phenolic OH excluding ortho intramolecular Hbond substituents is 1. The molecule has 5 nitrogen and oxygen atoms in total. The highest BCUT2D eigenvalue weighted by atomic mass is 16.3. The van der Waals surface area contributed by atoms with Crippen LogP contribution in [0.1, 0.15) is 29.8 Å². The smallest absolute Gasteiger partial charge is 0.254 e. The fourth-order valence-corrected chi connectivity index (χ4v) is 1.91. The summed E-state index contributed by atoms with van der Waals surface area (Å²) in [6.45, 7) is 6.86. The fourth-order valence-electron chi connectivity index (χ4n) is 1.91. The third-order valence-electron chi connectivity index (χ3n) is 3.29. The van der Waals surface area contributed by atoms with E-state index in [1.54, 1.807) is 31.0 Å². The maximum Gasteiger partial charge on any atom is 0.254 e. The van der Waals surface area contributed by atoms with Gasteiger partial charge in [-0.25, -0.2) is 0 Å². The Kier molecular flexibility index (Phi) is 5.55. The number of likely N-dealkylation sites (N-methyl/N-ethyl adjacent to an activating group) is 2. The fraction of sp³-hybridized carbons (Fsp3) is 0.467. The van der Waals surface area contributed by atoms with Gasteiger partial charge in [-0.1, -0.05) is 6.07 Å². The van der Waals surface area contributed by atoms with Crippen LogP contribution in [0.2, 0.25) is 0 Å². The summed E-state index contributed by atoms with van der Waals surface area (Å²) < 4.78 is 0. The average Bonchev–Trinajstić information content (AvgIpc) is 2.42. The molecule has 0 heterocycles. The Bertz CT molecular complexity index is 496. The van der Waals surface area contributed by atoms with E-state index in [9.17, 15) is 14.7 Å². The van der Waals surface area contributed by atoms with Crippen molar-refractivity contribution in [2.75, 3.05) is 26.7 Å². The Morgan fingerprint density at radius 1 is 1.20 bits per heavy atom. The number of aryl methyl sites for hydroxylation is 1. The molecule has 0 aliphatic rings. The molecule has 1 N–H and O–H groups in total. The monoisotopic (exact) mass is 278 g/mol. The first-order valence-corrected chi connectivity index (χ1v) is 6.73. The number of hydrogen-bond donors (Lipinski definition) is 1. The largest absolute Gasteiger partial charge is 0.508 e. The Morgan fingerprint density at radius 2 is 1.80 bits per heavy atom. The number of amides is 2. The number of aromatic hydroxyl groups is 1.